The fourth-order valence-corrected chi connectivity index (χ4v) is 2.59. The number of aromatic carboxylic acids is 1. The van der Waals surface area contributed by atoms with Gasteiger partial charge in [0, 0.05) is 30.1 Å². The molecule has 0 saturated heterocycles. The molecule has 0 bridgehead atoms. The number of hydrogen-bond acceptors (Lipinski definition) is 4. The van der Waals surface area contributed by atoms with Crippen molar-refractivity contribution in [3.8, 4) is 11.1 Å². The second-order valence-electron chi connectivity index (χ2n) is 6.29. The number of amides is 1. The standard InChI is InChI=1S/C21H19N3O3/c1-13-3-5-16(6-4-13)17-7-18(9-19(8-17)21(26)27)20(25)24-12-15-10-22-14(2)23-11-15/h3-11H,12H2,1-2H3,(H,24,25)(H,26,27). The number of carboxylic acid groups (broad SMARTS) is 1. The van der Waals surface area contributed by atoms with Gasteiger partial charge in [0.05, 0.1) is 5.56 Å². The molecular formula is C21H19N3O3. The number of carbonyl (C=O) groups excluding carboxylic acids is 1. The van der Waals surface area contributed by atoms with Gasteiger partial charge in [-0.3, -0.25) is 4.79 Å². The maximum atomic E-state index is 12.6. The predicted molar refractivity (Wildman–Crippen MR) is 102 cm³/mol. The molecule has 6 heteroatoms. The average molecular weight is 361 g/mol. The van der Waals surface area contributed by atoms with E-state index < -0.39 is 5.97 Å². The second-order valence-corrected chi connectivity index (χ2v) is 6.29. The molecule has 0 aliphatic heterocycles. The van der Waals surface area contributed by atoms with E-state index in [4.69, 9.17) is 0 Å². The summed E-state index contributed by atoms with van der Waals surface area (Å²) in [7, 11) is 0. The van der Waals surface area contributed by atoms with E-state index in [9.17, 15) is 14.7 Å². The van der Waals surface area contributed by atoms with E-state index in [-0.39, 0.29) is 18.0 Å². The van der Waals surface area contributed by atoms with Gasteiger partial charge in [-0.2, -0.15) is 0 Å². The highest BCUT2D eigenvalue weighted by molar-refractivity contribution is 5.99. The molecule has 0 aliphatic carbocycles. The summed E-state index contributed by atoms with van der Waals surface area (Å²) in [6.07, 6.45) is 3.29. The van der Waals surface area contributed by atoms with Gasteiger partial charge in [0.25, 0.3) is 5.91 Å². The van der Waals surface area contributed by atoms with Gasteiger partial charge in [-0.1, -0.05) is 29.8 Å². The van der Waals surface area contributed by atoms with Crippen molar-refractivity contribution in [3.05, 3.63) is 82.9 Å². The minimum absolute atomic E-state index is 0.0666. The van der Waals surface area contributed by atoms with Crippen LogP contribution in [-0.2, 0) is 6.54 Å². The molecule has 3 rings (SSSR count). The first-order chi connectivity index (χ1) is 12.9. The molecule has 0 saturated carbocycles. The zero-order valence-corrected chi connectivity index (χ0v) is 15.1. The van der Waals surface area contributed by atoms with Gasteiger partial charge < -0.3 is 10.4 Å². The first-order valence-electron chi connectivity index (χ1n) is 8.43. The topological polar surface area (TPSA) is 92.2 Å². The summed E-state index contributed by atoms with van der Waals surface area (Å²) in [4.78, 5) is 32.2. The normalized spacial score (nSPS) is 10.4. The van der Waals surface area contributed by atoms with Crippen molar-refractivity contribution in [1.82, 2.24) is 15.3 Å². The molecule has 0 aliphatic rings. The fraction of sp³-hybridized carbons (Fsp3) is 0.143. The lowest BCUT2D eigenvalue weighted by molar-refractivity contribution is 0.0697. The Morgan fingerprint density at radius 2 is 1.56 bits per heavy atom. The van der Waals surface area contributed by atoms with E-state index >= 15 is 0 Å². The van der Waals surface area contributed by atoms with Crippen LogP contribution in [0.1, 0.15) is 37.7 Å². The van der Waals surface area contributed by atoms with Crippen LogP contribution in [0.4, 0.5) is 0 Å². The molecule has 0 unspecified atom stereocenters. The van der Waals surface area contributed by atoms with Crippen LogP contribution in [0.15, 0.2) is 54.9 Å². The second kappa shape index (κ2) is 7.78. The molecule has 1 heterocycles. The number of aromatic nitrogens is 2. The highest BCUT2D eigenvalue weighted by Crippen LogP contribution is 2.23. The lowest BCUT2D eigenvalue weighted by Gasteiger charge is -2.10. The van der Waals surface area contributed by atoms with Crippen molar-refractivity contribution in [1.29, 1.82) is 0 Å². The minimum atomic E-state index is -1.08. The molecule has 136 valence electrons. The number of nitrogens with one attached hydrogen (secondary N) is 1. The molecule has 1 aromatic heterocycles. The van der Waals surface area contributed by atoms with Crippen LogP contribution < -0.4 is 5.32 Å². The van der Waals surface area contributed by atoms with Crippen LogP contribution in [0.2, 0.25) is 0 Å². The Bertz CT molecular complexity index is 981. The van der Waals surface area contributed by atoms with Gasteiger partial charge in [0.2, 0.25) is 0 Å². The van der Waals surface area contributed by atoms with Crippen LogP contribution in [0.25, 0.3) is 11.1 Å². The molecule has 6 nitrogen and oxygen atoms in total. The Balaban J connectivity index is 1.86. The Morgan fingerprint density at radius 1 is 0.926 bits per heavy atom. The summed E-state index contributed by atoms with van der Waals surface area (Å²) < 4.78 is 0. The van der Waals surface area contributed by atoms with Crippen molar-refractivity contribution in [2.24, 2.45) is 0 Å². The quantitative estimate of drug-likeness (QED) is 0.727. The Morgan fingerprint density at radius 3 is 2.19 bits per heavy atom. The monoisotopic (exact) mass is 361 g/mol. The van der Waals surface area contributed by atoms with Gasteiger partial charge in [-0.15, -0.1) is 0 Å². The molecule has 27 heavy (non-hydrogen) atoms. The molecule has 1 amide bonds. The van der Waals surface area contributed by atoms with Crippen LogP contribution in [-0.4, -0.2) is 27.0 Å². The molecule has 0 spiro atoms. The van der Waals surface area contributed by atoms with Crippen molar-refractivity contribution in [2.75, 3.05) is 0 Å². The largest absolute Gasteiger partial charge is 0.478 e. The van der Waals surface area contributed by atoms with E-state index in [1.165, 1.54) is 6.07 Å². The van der Waals surface area contributed by atoms with E-state index in [1.807, 2.05) is 31.2 Å². The number of benzene rings is 2. The highest BCUT2D eigenvalue weighted by atomic mass is 16.4. The lowest BCUT2D eigenvalue weighted by atomic mass is 9.98. The average Bonchev–Trinajstić information content (AvgIpc) is 2.67. The van der Waals surface area contributed by atoms with E-state index in [2.05, 4.69) is 15.3 Å². The third-order valence-corrected chi connectivity index (χ3v) is 4.11. The van der Waals surface area contributed by atoms with Crippen LogP contribution in [0, 0.1) is 13.8 Å². The summed E-state index contributed by atoms with van der Waals surface area (Å²) in [6, 6.07) is 12.3. The number of hydrogen-bond donors (Lipinski definition) is 2. The number of rotatable bonds is 5. The smallest absolute Gasteiger partial charge is 0.335 e. The van der Waals surface area contributed by atoms with E-state index in [0.717, 1.165) is 16.7 Å². The first kappa shape index (κ1) is 18.3. The predicted octanol–water partition coefficient (Wildman–Crippen LogP) is 3.39. The molecule has 0 atom stereocenters. The number of carbonyl (C=O) groups is 2. The maximum Gasteiger partial charge on any atom is 0.335 e. The third kappa shape index (κ3) is 4.55. The SMILES string of the molecule is Cc1ccc(-c2cc(C(=O)O)cc(C(=O)NCc3cnc(C)nc3)c2)cc1. The van der Waals surface area contributed by atoms with Gasteiger partial charge in [-0.25, -0.2) is 14.8 Å². The summed E-state index contributed by atoms with van der Waals surface area (Å²) in [5.41, 5.74) is 3.76. The number of nitrogens with zero attached hydrogens (tertiary/aromatic N) is 2. The van der Waals surface area contributed by atoms with Gasteiger partial charge in [0.15, 0.2) is 0 Å². The molecule has 0 radical (unpaired) electrons. The fourth-order valence-electron chi connectivity index (χ4n) is 2.59. The zero-order valence-electron chi connectivity index (χ0n) is 15.1. The minimum Gasteiger partial charge on any atom is -0.478 e. The van der Waals surface area contributed by atoms with Gasteiger partial charge in [0.1, 0.15) is 5.82 Å². The molecule has 2 aromatic carbocycles. The van der Waals surface area contributed by atoms with Gasteiger partial charge in [-0.05, 0) is 43.2 Å². The number of aryl methyl sites for hydroxylation is 2. The van der Waals surface area contributed by atoms with Crippen LogP contribution in [0.5, 0.6) is 0 Å². The van der Waals surface area contributed by atoms with Crippen LogP contribution >= 0.6 is 0 Å². The third-order valence-electron chi connectivity index (χ3n) is 4.11. The Labute approximate surface area is 156 Å². The summed E-state index contributed by atoms with van der Waals surface area (Å²) in [5.74, 6) is -0.779. The molecule has 3 aromatic rings. The number of carboxylic acids is 1. The summed E-state index contributed by atoms with van der Waals surface area (Å²) >= 11 is 0. The van der Waals surface area contributed by atoms with Crippen LogP contribution in [0.3, 0.4) is 0 Å². The van der Waals surface area contributed by atoms with Crippen molar-refractivity contribution < 1.29 is 14.7 Å². The maximum absolute atomic E-state index is 12.6. The Kier molecular flexibility index (Phi) is 5.26. The molecule has 0 fully saturated rings. The Hall–Kier alpha value is -3.54. The molecule has 2 N–H and O–H groups in total. The molecular weight excluding hydrogens is 342 g/mol. The van der Waals surface area contributed by atoms with Crippen molar-refractivity contribution in [3.63, 3.8) is 0 Å². The van der Waals surface area contributed by atoms with Crippen molar-refractivity contribution in [2.45, 2.75) is 20.4 Å². The summed E-state index contributed by atoms with van der Waals surface area (Å²) in [6.45, 7) is 4.02. The lowest BCUT2D eigenvalue weighted by Crippen LogP contribution is -2.23. The van der Waals surface area contributed by atoms with E-state index in [1.54, 1.807) is 31.5 Å². The highest BCUT2D eigenvalue weighted by Gasteiger charge is 2.13. The van der Waals surface area contributed by atoms with Gasteiger partial charge >= 0.3 is 5.97 Å². The first-order valence-corrected chi connectivity index (χ1v) is 8.43. The summed E-state index contributed by atoms with van der Waals surface area (Å²) in [5, 5.41) is 12.2. The zero-order chi connectivity index (χ0) is 19.4. The van der Waals surface area contributed by atoms with E-state index in [0.29, 0.717) is 17.0 Å². The van der Waals surface area contributed by atoms with Crippen molar-refractivity contribution >= 4 is 11.9 Å².